The van der Waals surface area contributed by atoms with Crippen molar-refractivity contribution >= 4 is 0 Å². The molecule has 2 heteroatoms. The Morgan fingerprint density at radius 1 is 1.21 bits per heavy atom. The second-order valence-corrected chi connectivity index (χ2v) is 3.76. The summed E-state index contributed by atoms with van der Waals surface area (Å²) in [5.74, 6) is 0. The van der Waals surface area contributed by atoms with Crippen LogP contribution >= 0.6 is 0 Å². The smallest absolute Gasteiger partial charge is 0.0270 e. The van der Waals surface area contributed by atoms with Gasteiger partial charge in [0.05, 0.1) is 0 Å². The minimum Gasteiger partial charge on any atom is -0.330 e. The molecular weight excluding hydrogens is 172 g/mol. The fourth-order valence-corrected chi connectivity index (χ4v) is 2.14. The number of rotatable bonds is 5. The zero-order chi connectivity index (χ0) is 10.4. The standard InChI is InChI=1S/C12H20N2/c1-3-12(4-2,7-8-13)11-5-9-14-10-6-11/h5-6,9-10H,3-4,7-8,13H2,1-2H3. The van der Waals surface area contributed by atoms with Crippen LogP contribution in [0.25, 0.3) is 0 Å². The quantitative estimate of drug-likeness (QED) is 0.778. The summed E-state index contributed by atoms with van der Waals surface area (Å²) in [6.07, 6.45) is 7.08. The molecule has 0 unspecified atom stereocenters. The van der Waals surface area contributed by atoms with Crippen molar-refractivity contribution in [2.45, 2.75) is 38.5 Å². The third-order valence-electron chi connectivity index (χ3n) is 3.27. The Labute approximate surface area is 86.5 Å². The highest BCUT2D eigenvalue weighted by Gasteiger charge is 2.26. The molecule has 0 atom stereocenters. The molecule has 0 saturated carbocycles. The molecule has 2 nitrogen and oxygen atoms in total. The Bertz CT molecular complexity index is 252. The van der Waals surface area contributed by atoms with E-state index in [-0.39, 0.29) is 5.41 Å². The normalized spacial score (nSPS) is 11.6. The van der Waals surface area contributed by atoms with Crippen molar-refractivity contribution in [3.05, 3.63) is 30.1 Å². The Balaban J connectivity index is 2.98. The third kappa shape index (κ3) is 2.13. The summed E-state index contributed by atoms with van der Waals surface area (Å²) >= 11 is 0. The summed E-state index contributed by atoms with van der Waals surface area (Å²) in [5, 5.41) is 0. The van der Waals surface area contributed by atoms with Crippen LogP contribution in [0.1, 0.15) is 38.7 Å². The Hall–Kier alpha value is -0.890. The number of hydrogen-bond acceptors (Lipinski definition) is 2. The highest BCUT2D eigenvalue weighted by atomic mass is 14.6. The van der Waals surface area contributed by atoms with E-state index in [1.165, 1.54) is 5.56 Å². The molecule has 0 amide bonds. The maximum Gasteiger partial charge on any atom is 0.0270 e. The molecule has 0 bridgehead atoms. The van der Waals surface area contributed by atoms with Gasteiger partial charge in [-0.3, -0.25) is 4.98 Å². The predicted octanol–water partition coefficient (Wildman–Crippen LogP) is 2.49. The molecule has 0 aliphatic rings. The zero-order valence-corrected chi connectivity index (χ0v) is 9.16. The van der Waals surface area contributed by atoms with Crippen LogP contribution in [0.3, 0.4) is 0 Å². The number of hydrogen-bond donors (Lipinski definition) is 1. The van der Waals surface area contributed by atoms with Gasteiger partial charge in [-0.15, -0.1) is 0 Å². The van der Waals surface area contributed by atoms with Gasteiger partial charge in [-0.2, -0.15) is 0 Å². The first-order chi connectivity index (χ1) is 6.79. The molecule has 0 aromatic carbocycles. The van der Waals surface area contributed by atoms with E-state index < -0.39 is 0 Å². The monoisotopic (exact) mass is 192 g/mol. The fourth-order valence-electron chi connectivity index (χ4n) is 2.14. The summed E-state index contributed by atoms with van der Waals surface area (Å²) in [5.41, 5.74) is 7.33. The summed E-state index contributed by atoms with van der Waals surface area (Å²) in [6.45, 7) is 5.23. The topological polar surface area (TPSA) is 38.9 Å². The lowest BCUT2D eigenvalue weighted by atomic mass is 9.74. The molecule has 1 rings (SSSR count). The van der Waals surface area contributed by atoms with E-state index in [0.29, 0.717) is 0 Å². The van der Waals surface area contributed by atoms with Gasteiger partial charge in [-0.25, -0.2) is 0 Å². The molecule has 1 aromatic heterocycles. The van der Waals surface area contributed by atoms with Crippen LogP contribution in [0.2, 0.25) is 0 Å². The molecule has 14 heavy (non-hydrogen) atoms. The van der Waals surface area contributed by atoms with E-state index in [4.69, 9.17) is 5.73 Å². The first-order valence-electron chi connectivity index (χ1n) is 5.39. The summed E-state index contributed by atoms with van der Waals surface area (Å²) in [7, 11) is 0. The van der Waals surface area contributed by atoms with Crippen LogP contribution in [0.5, 0.6) is 0 Å². The zero-order valence-electron chi connectivity index (χ0n) is 9.16. The van der Waals surface area contributed by atoms with E-state index in [1.807, 2.05) is 12.4 Å². The predicted molar refractivity (Wildman–Crippen MR) is 60.2 cm³/mol. The van der Waals surface area contributed by atoms with Crippen LogP contribution in [0.15, 0.2) is 24.5 Å². The molecule has 0 fully saturated rings. The summed E-state index contributed by atoms with van der Waals surface area (Å²) < 4.78 is 0. The van der Waals surface area contributed by atoms with Crippen molar-refractivity contribution in [3.8, 4) is 0 Å². The summed E-state index contributed by atoms with van der Waals surface area (Å²) in [4.78, 5) is 4.06. The van der Waals surface area contributed by atoms with Crippen molar-refractivity contribution in [1.29, 1.82) is 0 Å². The largest absolute Gasteiger partial charge is 0.330 e. The molecule has 1 heterocycles. The van der Waals surface area contributed by atoms with E-state index >= 15 is 0 Å². The van der Waals surface area contributed by atoms with Gasteiger partial charge >= 0.3 is 0 Å². The van der Waals surface area contributed by atoms with Gasteiger partial charge in [-0.1, -0.05) is 13.8 Å². The van der Waals surface area contributed by atoms with Crippen LogP contribution in [0, 0.1) is 0 Å². The van der Waals surface area contributed by atoms with Gasteiger partial charge in [0.1, 0.15) is 0 Å². The lowest BCUT2D eigenvalue weighted by molar-refractivity contribution is 0.371. The third-order valence-corrected chi connectivity index (χ3v) is 3.27. The van der Waals surface area contributed by atoms with Crippen molar-refractivity contribution in [3.63, 3.8) is 0 Å². The van der Waals surface area contributed by atoms with Gasteiger partial charge in [0.25, 0.3) is 0 Å². The van der Waals surface area contributed by atoms with Gasteiger partial charge in [0.15, 0.2) is 0 Å². The molecule has 1 aromatic rings. The number of nitrogens with two attached hydrogens (primary N) is 1. The number of pyridine rings is 1. The van der Waals surface area contributed by atoms with E-state index in [0.717, 1.165) is 25.8 Å². The molecule has 0 spiro atoms. The van der Waals surface area contributed by atoms with E-state index in [2.05, 4.69) is 31.0 Å². The van der Waals surface area contributed by atoms with Gasteiger partial charge in [0.2, 0.25) is 0 Å². The fraction of sp³-hybridized carbons (Fsp3) is 0.583. The SMILES string of the molecule is CCC(CC)(CCN)c1ccncc1. The van der Waals surface area contributed by atoms with Crippen LogP contribution < -0.4 is 5.73 Å². The average molecular weight is 192 g/mol. The molecule has 0 aliphatic heterocycles. The maximum atomic E-state index is 5.69. The van der Waals surface area contributed by atoms with Crippen LogP contribution in [-0.4, -0.2) is 11.5 Å². The first kappa shape index (κ1) is 11.2. The number of aromatic nitrogens is 1. The van der Waals surface area contributed by atoms with Crippen molar-refractivity contribution in [2.75, 3.05) is 6.54 Å². The lowest BCUT2D eigenvalue weighted by Gasteiger charge is -2.31. The molecule has 2 N–H and O–H groups in total. The Morgan fingerprint density at radius 3 is 2.21 bits per heavy atom. The van der Waals surface area contributed by atoms with Crippen LogP contribution in [0.4, 0.5) is 0 Å². The molecule has 0 saturated heterocycles. The second-order valence-electron chi connectivity index (χ2n) is 3.76. The Kier molecular flexibility index (Phi) is 4.08. The van der Waals surface area contributed by atoms with Crippen LogP contribution in [-0.2, 0) is 5.41 Å². The molecule has 0 radical (unpaired) electrons. The second kappa shape index (κ2) is 5.11. The number of nitrogens with zero attached hydrogens (tertiary/aromatic N) is 1. The van der Waals surface area contributed by atoms with Gasteiger partial charge < -0.3 is 5.73 Å². The van der Waals surface area contributed by atoms with Gasteiger partial charge in [0, 0.05) is 12.4 Å². The van der Waals surface area contributed by atoms with Crippen molar-refractivity contribution < 1.29 is 0 Å². The molecule has 0 aliphatic carbocycles. The highest BCUT2D eigenvalue weighted by molar-refractivity contribution is 5.22. The summed E-state index contributed by atoms with van der Waals surface area (Å²) in [6, 6.07) is 4.23. The molecular formula is C12H20N2. The minimum absolute atomic E-state index is 0.262. The minimum atomic E-state index is 0.262. The average Bonchev–Trinajstić information content (AvgIpc) is 2.27. The molecule has 78 valence electrons. The lowest BCUT2D eigenvalue weighted by Crippen LogP contribution is -2.27. The van der Waals surface area contributed by atoms with Gasteiger partial charge in [-0.05, 0) is 48.9 Å². The highest BCUT2D eigenvalue weighted by Crippen LogP contribution is 2.34. The first-order valence-corrected chi connectivity index (χ1v) is 5.39. The van der Waals surface area contributed by atoms with Crippen molar-refractivity contribution in [1.82, 2.24) is 4.98 Å². The van der Waals surface area contributed by atoms with Crippen molar-refractivity contribution in [2.24, 2.45) is 5.73 Å². The van der Waals surface area contributed by atoms with E-state index in [9.17, 15) is 0 Å². The van der Waals surface area contributed by atoms with E-state index in [1.54, 1.807) is 0 Å². The maximum absolute atomic E-state index is 5.69. The Morgan fingerprint density at radius 2 is 1.79 bits per heavy atom.